The lowest BCUT2D eigenvalue weighted by atomic mass is 10.1. The molecule has 0 radical (unpaired) electrons. The Morgan fingerprint density at radius 2 is 1.88 bits per heavy atom. The standard InChI is InChI=1S/C28H39N3O3/c1-22(2)13-15-30-27(32)18-24-11-12-26-25(17-24)20-31(19-23-9-5-3-6-10-23)21-28(33)29-14-7-4-8-16-34-26/h3,5-6,9-12,17,22H,4,7-8,13-16,18-21H2,1-2H3,(H,29,33)(H,30,32). The Balaban J connectivity index is 1.78. The second kappa shape index (κ2) is 13.8. The molecule has 6 heteroatoms. The molecule has 1 heterocycles. The summed E-state index contributed by atoms with van der Waals surface area (Å²) in [6, 6.07) is 16.2. The minimum Gasteiger partial charge on any atom is -0.493 e. The highest BCUT2D eigenvalue weighted by molar-refractivity contribution is 5.79. The van der Waals surface area contributed by atoms with Crippen LogP contribution in [-0.2, 0) is 29.1 Å². The second-order valence-corrected chi connectivity index (χ2v) is 9.54. The molecule has 2 aromatic carbocycles. The van der Waals surface area contributed by atoms with Crippen molar-refractivity contribution >= 4 is 11.8 Å². The van der Waals surface area contributed by atoms with E-state index >= 15 is 0 Å². The van der Waals surface area contributed by atoms with Gasteiger partial charge >= 0.3 is 0 Å². The van der Waals surface area contributed by atoms with Crippen molar-refractivity contribution in [2.45, 2.75) is 59.0 Å². The first-order valence-electron chi connectivity index (χ1n) is 12.5. The lowest BCUT2D eigenvalue weighted by Gasteiger charge is -2.23. The molecule has 2 N–H and O–H groups in total. The molecule has 0 bridgehead atoms. The van der Waals surface area contributed by atoms with Crippen LogP contribution >= 0.6 is 0 Å². The summed E-state index contributed by atoms with van der Waals surface area (Å²) < 4.78 is 6.15. The van der Waals surface area contributed by atoms with E-state index in [4.69, 9.17) is 4.74 Å². The van der Waals surface area contributed by atoms with Crippen LogP contribution in [0, 0.1) is 5.92 Å². The number of benzene rings is 2. The van der Waals surface area contributed by atoms with Gasteiger partial charge in [-0.15, -0.1) is 0 Å². The number of nitrogens with zero attached hydrogens (tertiary/aromatic N) is 1. The van der Waals surface area contributed by atoms with Gasteiger partial charge in [0.15, 0.2) is 0 Å². The maximum atomic E-state index is 12.6. The van der Waals surface area contributed by atoms with Crippen molar-refractivity contribution < 1.29 is 14.3 Å². The van der Waals surface area contributed by atoms with Gasteiger partial charge in [0.1, 0.15) is 5.75 Å². The van der Waals surface area contributed by atoms with Gasteiger partial charge in [-0.1, -0.05) is 56.3 Å². The highest BCUT2D eigenvalue weighted by atomic mass is 16.5. The Morgan fingerprint density at radius 3 is 2.68 bits per heavy atom. The Morgan fingerprint density at radius 1 is 1.06 bits per heavy atom. The smallest absolute Gasteiger partial charge is 0.234 e. The van der Waals surface area contributed by atoms with Gasteiger partial charge in [0.2, 0.25) is 11.8 Å². The van der Waals surface area contributed by atoms with Crippen LogP contribution in [0.4, 0.5) is 0 Å². The molecule has 0 saturated heterocycles. The molecular formula is C28H39N3O3. The van der Waals surface area contributed by atoms with E-state index in [1.165, 1.54) is 0 Å². The monoisotopic (exact) mass is 465 g/mol. The van der Waals surface area contributed by atoms with Gasteiger partial charge in [-0.2, -0.15) is 0 Å². The number of fused-ring (bicyclic) bond motifs is 1. The molecule has 0 fully saturated rings. The molecule has 0 aliphatic carbocycles. The zero-order valence-corrected chi connectivity index (χ0v) is 20.6. The number of nitrogens with one attached hydrogen (secondary N) is 2. The summed E-state index contributed by atoms with van der Waals surface area (Å²) in [5, 5.41) is 6.07. The van der Waals surface area contributed by atoms with Crippen molar-refractivity contribution in [1.29, 1.82) is 0 Å². The van der Waals surface area contributed by atoms with Crippen LogP contribution in [-0.4, -0.2) is 43.0 Å². The Kier molecular flexibility index (Phi) is 10.4. The molecule has 1 aliphatic heterocycles. The van der Waals surface area contributed by atoms with Crippen LogP contribution in [0.2, 0.25) is 0 Å². The molecule has 2 aromatic rings. The number of hydrogen-bond donors (Lipinski definition) is 2. The molecule has 2 amide bonds. The van der Waals surface area contributed by atoms with Crippen LogP contribution in [0.25, 0.3) is 0 Å². The molecule has 0 unspecified atom stereocenters. The van der Waals surface area contributed by atoms with Crippen LogP contribution in [0.3, 0.4) is 0 Å². The van der Waals surface area contributed by atoms with Crippen LogP contribution < -0.4 is 15.4 Å². The summed E-state index contributed by atoms with van der Waals surface area (Å²) in [5.74, 6) is 1.47. The van der Waals surface area contributed by atoms with Crippen LogP contribution in [0.15, 0.2) is 48.5 Å². The van der Waals surface area contributed by atoms with Gasteiger partial charge in [0.25, 0.3) is 0 Å². The fraction of sp³-hybridized carbons (Fsp3) is 0.500. The van der Waals surface area contributed by atoms with Crippen LogP contribution in [0.5, 0.6) is 5.75 Å². The summed E-state index contributed by atoms with van der Waals surface area (Å²) in [6.45, 7) is 7.89. The highest BCUT2D eigenvalue weighted by Gasteiger charge is 2.17. The SMILES string of the molecule is CC(C)CCNC(=O)Cc1ccc2c(c1)CN(Cc1ccccc1)CC(=O)NCCCCCO2. The quantitative estimate of drug-likeness (QED) is 0.647. The summed E-state index contributed by atoms with van der Waals surface area (Å²) in [4.78, 5) is 27.2. The summed E-state index contributed by atoms with van der Waals surface area (Å²) in [5.41, 5.74) is 3.12. The van der Waals surface area contributed by atoms with Gasteiger partial charge in [-0.3, -0.25) is 14.5 Å². The molecule has 0 saturated carbocycles. The fourth-order valence-electron chi connectivity index (χ4n) is 4.08. The minimum absolute atomic E-state index is 0.0340. The van der Waals surface area contributed by atoms with Crippen molar-refractivity contribution in [3.05, 3.63) is 65.2 Å². The Labute approximate surface area is 204 Å². The number of carbonyl (C=O) groups is 2. The zero-order chi connectivity index (χ0) is 24.2. The molecule has 184 valence electrons. The van der Waals surface area contributed by atoms with E-state index in [-0.39, 0.29) is 11.8 Å². The third-order valence-electron chi connectivity index (χ3n) is 5.94. The lowest BCUT2D eigenvalue weighted by Crippen LogP contribution is -2.37. The highest BCUT2D eigenvalue weighted by Crippen LogP contribution is 2.24. The first-order valence-corrected chi connectivity index (χ1v) is 12.5. The number of ether oxygens (including phenoxy) is 1. The summed E-state index contributed by atoms with van der Waals surface area (Å²) >= 11 is 0. The topological polar surface area (TPSA) is 70.7 Å². The molecule has 0 spiro atoms. The number of rotatable bonds is 7. The van der Waals surface area contributed by atoms with Gasteiger partial charge in [-0.05, 0) is 48.8 Å². The molecule has 3 rings (SSSR count). The lowest BCUT2D eigenvalue weighted by molar-refractivity contribution is -0.122. The van der Waals surface area contributed by atoms with Crippen molar-refractivity contribution in [2.75, 3.05) is 26.2 Å². The fourth-order valence-corrected chi connectivity index (χ4v) is 4.08. The van der Waals surface area contributed by atoms with E-state index in [9.17, 15) is 9.59 Å². The maximum absolute atomic E-state index is 12.6. The third kappa shape index (κ3) is 9.18. The van der Waals surface area contributed by atoms with Crippen molar-refractivity contribution in [3.8, 4) is 5.75 Å². The normalized spacial score (nSPS) is 15.8. The molecule has 0 aromatic heterocycles. The van der Waals surface area contributed by atoms with Crippen molar-refractivity contribution in [1.82, 2.24) is 15.5 Å². The number of amides is 2. The minimum atomic E-state index is 0.0340. The van der Waals surface area contributed by atoms with E-state index in [0.717, 1.165) is 48.1 Å². The second-order valence-electron chi connectivity index (χ2n) is 9.54. The van der Waals surface area contributed by atoms with Gasteiger partial charge in [0.05, 0.1) is 19.6 Å². The van der Waals surface area contributed by atoms with Crippen LogP contribution in [0.1, 0.15) is 56.2 Å². The Hall–Kier alpha value is -2.86. The third-order valence-corrected chi connectivity index (χ3v) is 5.94. The molecule has 0 atom stereocenters. The first-order chi connectivity index (χ1) is 16.5. The van der Waals surface area contributed by atoms with E-state index in [2.05, 4.69) is 47.6 Å². The van der Waals surface area contributed by atoms with E-state index in [1.54, 1.807) is 0 Å². The van der Waals surface area contributed by atoms with Gasteiger partial charge < -0.3 is 15.4 Å². The van der Waals surface area contributed by atoms with Gasteiger partial charge in [0, 0.05) is 31.7 Å². The Bertz CT molecular complexity index is 914. The number of hydrogen-bond acceptors (Lipinski definition) is 4. The summed E-state index contributed by atoms with van der Waals surface area (Å²) in [6.07, 6.45) is 4.22. The number of carbonyl (C=O) groups excluding carboxylic acids is 2. The summed E-state index contributed by atoms with van der Waals surface area (Å²) in [7, 11) is 0. The van der Waals surface area contributed by atoms with Crippen molar-refractivity contribution in [2.24, 2.45) is 5.92 Å². The molecule has 6 nitrogen and oxygen atoms in total. The average Bonchev–Trinajstić information content (AvgIpc) is 2.81. The van der Waals surface area contributed by atoms with E-state index in [1.807, 2.05) is 30.3 Å². The maximum Gasteiger partial charge on any atom is 0.234 e. The molecular weight excluding hydrogens is 426 g/mol. The average molecular weight is 466 g/mol. The van der Waals surface area contributed by atoms with E-state index < -0.39 is 0 Å². The van der Waals surface area contributed by atoms with Gasteiger partial charge in [-0.25, -0.2) is 0 Å². The van der Waals surface area contributed by atoms with Crippen molar-refractivity contribution in [3.63, 3.8) is 0 Å². The predicted molar refractivity (Wildman–Crippen MR) is 136 cm³/mol. The molecule has 1 aliphatic rings. The zero-order valence-electron chi connectivity index (χ0n) is 20.6. The first kappa shape index (κ1) is 25.8. The predicted octanol–water partition coefficient (Wildman–Crippen LogP) is 4.07. The van der Waals surface area contributed by atoms with E-state index in [0.29, 0.717) is 51.7 Å². The largest absolute Gasteiger partial charge is 0.493 e. The molecule has 34 heavy (non-hydrogen) atoms.